The largest absolute Gasteiger partial charge is 0.374 e. The molecule has 1 aliphatic rings. The Morgan fingerprint density at radius 2 is 2.57 bits per heavy atom. The van der Waals surface area contributed by atoms with Crippen molar-refractivity contribution >= 4 is 0 Å². The number of hydrogen-bond donors (Lipinski definition) is 1. The predicted octanol–water partition coefficient (Wildman–Crippen LogP) is 0.156. The summed E-state index contributed by atoms with van der Waals surface area (Å²) in [5, 5.41) is 3.16. The molecule has 0 aromatic heterocycles. The second-order valence-electron chi connectivity index (χ2n) is 1.78. The van der Waals surface area contributed by atoms with Gasteiger partial charge in [-0.15, -0.1) is 0 Å². The van der Waals surface area contributed by atoms with Gasteiger partial charge in [-0.05, 0) is 13.0 Å². The van der Waals surface area contributed by atoms with Gasteiger partial charge < -0.3 is 10.1 Å². The molecule has 2 nitrogen and oxygen atoms in total. The molecule has 1 N–H and O–H groups in total. The zero-order valence-electron chi connectivity index (χ0n) is 4.31. The van der Waals surface area contributed by atoms with Gasteiger partial charge in [0, 0.05) is 6.54 Å². The van der Waals surface area contributed by atoms with E-state index in [4.69, 9.17) is 4.74 Å². The van der Waals surface area contributed by atoms with E-state index in [1.165, 1.54) is 0 Å². The molecule has 0 amide bonds. The minimum Gasteiger partial charge on any atom is -0.374 e. The van der Waals surface area contributed by atoms with Gasteiger partial charge in [0.1, 0.15) is 0 Å². The molecule has 1 heterocycles. The van der Waals surface area contributed by atoms with Crippen molar-refractivity contribution in [3.05, 3.63) is 7.11 Å². The van der Waals surface area contributed by atoms with Crippen LogP contribution in [0.2, 0.25) is 0 Å². The lowest BCUT2D eigenvalue weighted by molar-refractivity contribution is 0.156. The fraction of sp³-hybridized carbons (Fsp3) is 0.800. The molecular formula is C5H10NO. The van der Waals surface area contributed by atoms with Crippen molar-refractivity contribution in [3.8, 4) is 0 Å². The maximum atomic E-state index is 4.80. The Bertz CT molecular complexity index is 50.0. The monoisotopic (exact) mass is 100 g/mol. The van der Waals surface area contributed by atoms with Crippen molar-refractivity contribution in [2.45, 2.75) is 12.5 Å². The van der Waals surface area contributed by atoms with Crippen molar-refractivity contribution in [2.75, 3.05) is 13.1 Å². The first-order chi connectivity index (χ1) is 3.43. The third-order valence-corrected chi connectivity index (χ3v) is 1.25. The molecule has 1 rings (SSSR count). The Kier molecular flexibility index (Phi) is 1.65. The van der Waals surface area contributed by atoms with Gasteiger partial charge in [-0.1, -0.05) is 0 Å². The van der Waals surface area contributed by atoms with Crippen LogP contribution in [0, 0.1) is 7.11 Å². The van der Waals surface area contributed by atoms with Crippen LogP contribution in [0.3, 0.4) is 0 Å². The highest BCUT2D eigenvalue weighted by Crippen LogP contribution is 2.00. The van der Waals surface area contributed by atoms with Crippen molar-refractivity contribution in [1.29, 1.82) is 0 Å². The van der Waals surface area contributed by atoms with E-state index in [0.29, 0.717) is 6.10 Å². The third kappa shape index (κ3) is 1.14. The highest BCUT2D eigenvalue weighted by molar-refractivity contribution is 4.70. The first-order valence-electron chi connectivity index (χ1n) is 2.55. The van der Waals surface area contributed by atoms with E-state index in [-0.39, 0.29) is 0 Å². The predicted molar refractivity (Wildman–Crippen MR) is 27.7 cm³/mol. The summed E-state index contributed by atoms with van der Waals surface area (Å²) in [5.41, 5.74) is 0. The standard InChI is InChI=1S/C5H10NO/c1-7-5-2-3-6-4-5/h5-6H,1-4H2. The molecule has 1 atom stereocenters. The lowest BCUT2D eigenvalue weighted by Gasteiger charge is -2.01. The number of hydrogen-bond acceptors (Lipinski definition) is 2. The maximum Gasteiger partial charge on any atom is 0.0712 e. The fourth-order valence-electron chi connectivity index (χ4n) is 0.770. The Hall–Kier alpha value is -0.0800. The van der Waals surface area contributed by atoms with Gasteiger partial charge in [-0.3, -0.25) is 0 Å². The molecule has 0 spiro atoms. The van der Waals surface area contributed by atoms with Gasteiger partial charge >= 0.3 is 0 Å². The van der Waals surface area contributed by atoms with Crippen LogP contribution in [0.25, 0.3) is 0 Å². The van der Waals surface area contributed by atoms with Crippen molar-refractivity contribution in [3.63, 3.8) is 0 Å². The van der Waals surface area contributed by atoms with Crippen LogP contribution >= 0.6 is 0 Å². The van der Waals surface area contributed by atoms with Gasteiger partial charge in [0.2, 0.25) is 0 Å². The van der Waals surface area contributed by atoms with Gasteiger partial charge in [-0.2, -0.15) is 0 Å². The van der Waals surface area contributed by atoms with Gasteiger partial charge in [0.15, 0.2) is 0 Å². The Balaban J connectivity index is 2.14. The molecule has 1 fully saturated rings. The minimum atomic E-state index is 0.375. The second-order valence-corrected chi connectivity index (χ2v) is 1.78. The zero-order chi connectivity index (χ0) is 5.11. The molecule has 0 aromatic rings. The Morgan fingerprint density at radius 3 is 2.86 bits per heavy atom. The average Bonchev–Trinajstić information content (AvgIpc) is 2.14. The number of nitrogens with one attached hydrogen (secondary N) is 1. The third-order valence-electron chi connectivity index (χ3n) is 1.25. The van der Waals surface area contributed by atoms with Crippen LogP contribution in [0.5, 0.6) is 0 Å². The first kappa shape index (κ1) is 5.06. The van der Waals surface area contributed by atoms with Gasteiger partial charge in [-0.25, -0.2) is 0 Å². The summed E-state index contributed by atoms with van der Waals surface area (Å²) >= 11 is 0. The van der Waals surface area contributed by atoms with E-state index < -0.39 is 0 Å². The van der Waals surface area contributed by atoms with E-state index in [2.05, 4.69) is 12.4 Å². The van der Waals surface area contributed by atoms with E-state index >= 15 is 0 Å². The van der Waals surface area contributed by atoms with Crippen LogP contribution in [0.4, 0.5) is 0 Å². The Labute approximate surface area is 43.9 Å². The average molecular weight is 100 g/mol. The quantitative estimate of drug-likeness (QED) is 0.506. The topological polar surface area (TPSA) is 21.3 Å². The molecular weight excluding hydrogens is 90.1 g/mol. The van der Waals surface area contributed by atoms with Crippen LogP contribution in [0.1, 0.15) is 6.42 Å². The lowest BCUT2D eigenvalue weighted by atomic mass is 10.3. The highest BCUT2D eigenvalue weighted by Gasteiger charge is 2.11. The second kappa shape index (κ2) is 2.28. The lowest BCUT2D eigenvalue weighted by Crippen LogP contribution is -2.13. The molecule has 1 aliphatic heterocycles. The summed E-state index contributed by atoms with van der Waals surface area (Å²) in [7, 11) is 3.33. The van der Waals surface area contributed by atoms with Crippen LogP contribution in [0.15, 0.2) is 0 Å². The molecule has 1 unspecified atom stereocenters. The van der Waals surface area contributed by atoms with E-state index in [1.807, 2.05) is 0 Å². The highest BCUT2D eigenvalue weighted by atomic mass is 16.5. The minimum absolute atomic E-state index is 0.375. The molecule has 0 saturated carbocycles. The van der Waals surface area contributed by atoms with E-state index in [1.54, 1.807) is 0 Å². The van der Waals surface area contributed by atoms with Crippen molar-refractivity contribution in [1.82, 2.24) is 5.32 Å². The Morgan fingerprint density at radius 1 is 1.71 bits per heavy atom. The SMILES string of the molecule is [CH2]OC1CCNC1. The van der Waals surface area contributed by atoms with Crippen LogP contribution in [-0.4, -0.2) is 19.2 Å². The fourth-order valence-corrected chi connectivity index (χ4v) is 0.770. The maximum absolute atomic E-state index is 4.80. The van der Waals surface area contributed by atoms with Crippen LogP contribution in [-0.2, 0) is 4.74 Å². The zero-order valence-corrected chi connectivity index (χ0v) is 4.31. The first-order valence-corrected chi connectivity index (χ1v) is 2.55. The number of ether oxygens (including phenoxy) is 1. The smallest absolute Gasteiger partial charge is 0.0712 e. The summed E-state index contributed by atoms with van der Waals surface area (Å²) in [6.45, 7) is 2.06. The molecule has 2 heteroatoms. The van der Waals surface area contributed by atoms with Crippen LogP contribution < -0.4 is 5.32 Å². The summed E-state index contributed by atoms with van der Waals surface area (Å²) in [6, 6.07) is 0. The summed E-state index contributed by atoms with van der Waals surface area (Å²) < 4.78 is 4.80. The molecule has 1 radical (unpaired) electrons. The van der Waals surface area contributed by atoms with E-state index in [0.717, 1.165) is 19.5 Å². The molecule has 0 bridgehead atoms. The molecule has 41 valence electrons. The van der Waals surface area contributed by atoms with Gasteiger partial charge in [0.05, 0.1) is 13.2 Å². The molecule has 7 heavy (non-hydrogen) atoms. The number of rotatable bonds is 1. The molecule has 1 saturated heterocycles. The summed E-state index contributed by atoms with van der Waals surface area (Å²) in [5.74, 6) is 0. The summed E-state index contributed by atoms with van der Waals surface area (Å²) in [6.07, 6.45) is 1.49. The van der Waals surface area contributed by atoms with Gasteiger partial charge in [0.25, 0.3) is 0 Å². The normalized spacial score (nSPS) is 31.3. The van der Waals surface area contributed by atoms with Crippen molar-refractivity contribution in [2.24, 2.45) is 0 Å². The molecule has 0 aliphatic carbocycles. The molecule has 0 aromatic carbocycles. The van der Waals surface area contributed by atoms with E-state index in [9.17, 15) is 0 Å². The summed E-state index contributed by atoms with van der Waals surface area (Å²) in [4.78, 5) is 0. The van der Waals surface area contributed by atoms with Crippen molar-refractivity contribution < 1.29 is 4.74 Å².